The molecule has 1 heterocycles. The first kappa shape index (κ1) is 15.9. The summed E-state index contributed by atoms with van der Waals surface area (Å²) in [5, 5.41) is 4.02. The predicted octanol–water partition coefficient (Wildman–Crippen LogP) is 4.79. The van der Waals surface area contributed by atoms with E-state index in [1.54, 1.807) is 12.1 Å². The molecule has 0 radical (unpaired) electrons. The number of hydrogen-bond donors (Lipinski definition) is 0. The molecule has 4 heteroatoms. The summed E-state index contributed by atoms with van der Waals surface area (Å²) in [4.78, 5) is 4.43. The lowest BCUT2D eigenvalue weighted by atomic mass is 10.1. The smallest absolute Gasteiger partial charge is 0.229 e. The Kier molecular flexibility index (Phi) is 4.72. The molecule has 0 aliphatic heterocycles. The Morgan fingerprint density at radius 3 is 2.54 bits per heavy atom. The Labute approximate surface area is 140 Å². The molecule has 0 spiro atoms. The highest BCUT2D eigenvalue weighted by Gasteiger charge is 2.13. The summed E-state index contributed by atoms with van der Waals surface area (Å²) in [6, 6.07) is 13.8. The van der Waals surface area contributed by atoms with Crippen LogP contribution in [0, 0.1) is 17.7 Å². The lowest BCUT2D eigenvalue weighted by molar-refractivity contribution is 0.357. The van der Waals surface area contributed by atoms with Gasteiger partial charge in [0.15, 0.2) is 0 Å². The van der Waals surface area contributed by atoms with E-state index in [9.17, 15) is 4.39 Å². The number of benzene rings is 2. The van der Waals surface area contributed by atoms with Crippen LogP contribution >= 0.6 is 0 Å². The van der Waals surface area contributed by atoms with Crippen LogP contribution in [0.2, 0.25) is 0 Å². The summed E-state index contributed by atoms with van der Waals surface area (Å²) in [6.07, 6.45) is 0.955. The van der Waals surface area contributed by atoms with Crippen LogP contribution in [0.5, 0.6) is 0 Å². The third-order valence-electron chi connectivity index (χ3n) is 3.79. The molecule has 0 bridgehead atoms. The van der Waals surface area contributed by atoms with E-state index in [0.717, 1.165) is 17.5 Å². The van der Waals surface area contributed by atoms with Gasteiger partial charge in [-0.15, -0.1) is 0 Å². The Morgan fingerprint density at radius 1 is 1.08 bits per heavy atom. The van der Waals surface area contributed by atoms with Crippen LogP contribution in [0.3, 0.4) is 0 Å². The molecule has 0 aliphatic carbocycles. The second kappa shape index (κ2) is 7.10. The quantitative estimate of drug-likeness (QED) is 0.651. The second-order valence-corrected chi connectivity index (χ2v) is 5.60. The van der Waals surface area contributed by atoms with Gasteiger partial charge in [-0.25, -0.2) is 4.39 Å². The van der Waals surface area contributed by atoms with Crippen LogP contribution in [0.15, 0.2) is 53.1 Å². The molecule has 0 fully saturated rings. The van der Waals surface area contributed by atoms with Gasteiger partial charge in [-0.3, -0.25) is 0 Å². The van der Waals surface area contributed by atoms with E-state index in [1.165, 1.54) is 12.1 Å². The van der Waals surface area contributed by atoms with E-state index in [4.69, 9.17) is 4.52 Å². The Hall–Kier alpha value is -2.93. The van der Waals surface area contributed by atoms with Crippen molar-refractivity contribution in [3.05, 3.63) is 71.4 Å². The molecule has 3 rings (SSSR count). The van der Waals surface area contributed by atoms with E-state index >= 15 is 0 Å². The molecule has 120 valence electrons. The van der Waals surface area contributed by atoms with Crippen molar-refractivity contribution in [2.24, 2.45) is 0 Å². The Morgan fingerprint density at radius 2 is 1.83 bits per heavy atom. The summed E-state index contributed by atoms with van der Waals surface area (Å²) in [5.74, 6) is 7.17. The third kappa shape index (κ3) is 3.69. The summed E-state index contributed by atoms with van der Waals surface area (Å²) < 4.78 is 18.4. The number of aromatic nitrogens is 2. The number of halogens is 1. The van der Waals surface area contributed by atoms with E-state index in [2.05, 4.69) is 35.8 Å². The highest BCUT2D eigenvalue weighted by Crippen LogP contribution is 2.21. The van der Waals surface area contributed by atoms with Gasteiger partial charge in [-0.05, 0) is 48.9 Å². The van der Waals surface area contributed by atoms with Crippen LogP contribution in [0.1, 0.15) is 43.2 Å². The van der Waals surface area contributed by atoms with Crippen molar-refractivity contribution in [2.45, 2.75) is 26.2 Å². The summed E-state index contributed by atoms with van der Waals surface area (Å²) in [6.45, 7) is 4.14. The first-order valence-electron chi connectivity index (χ1n) is 7.87. The molecule has 1 atom stereocenters. The van der Waals surface area contributed by atoms with Gasteiger partial charge in [0.05, 0.1) is 0 Å². The van der Waals surface area contributed by atoms with Crippen molar-refractivity contribution in [3.8, 4) is 23.2 Å². The second-order valence-electron chi connectivity index (χ2n) is 5.60. The van der Waals surface area contributed by atoms with E-state index in [-0.39, 0.29) is 11.7 Å². The van der Waals surface area contributed by atoms with E-state index < -0.39 is 0 Å². The molecular formula is C20H17FN2O. The maximum atomic E-state index is 13.1. The molecular weight excluding hydrogens is 303 g/mol. The molecule has 0 saturated heterocycles. The van der Waals surface area contributed by atoms with Crippen LogP contribution in [-0.2, 0) is 0 Å². The van der Waals surface area contributed by atoms with Gasteiger partial charge < -0.3 is 4.52 Å². The molecule has 1 aromatic heterocycles. The lowest BCUT2D eigenvalue weighted by Crippen LogP contribution is -1.91. The molecule has 0 amide bonds. The minimum absolute atomic E-state index is 0.252. The third-order valence-corrected chi connectivity index (χ3v) is 3.79. The molecule has 3 nitrogen and oxygen atoms in total. The molecule has 0 aliphatic rings. The molecule has 1 unspecified atom stereocenters. The average Bonchev–Trinajstić information content (AvgIpc) is 3.10. The standard InChI is InChI=1S/C20H17FN2O/c1-3-14(2)20-22-19(23-24-20)17-11-9-15(10-12-17)7-8-16-5-4-6-18(21)13-16/h4-6,9-14H,3H2,1-2H3. The topological polar surface area (TPSA) is 38.9 Å². The zero-order valence-corrected chi connectivity index (χ0v) is 13.6. The van der Waals surface area contributed by atoms with Crippen molar-refractivity contribution >= 4 is 0 Å². The monoisotopic (exact) mass is 320 g/mol. The van der Waals surface area contributed by atoms with Crippen LogP contribution < -0.4 is 0 Å². The number of rotatable bonds is 3. The SMILES string of the molecule is CCC(C)c1nc(-c2ccc(C#Cc3cccc(F)c3)cc2)no1. The number of nitrogens with zero attached hydrogens (tertiary/aromatic N) is 2. The van der Waals surface area contributed by atoms with Gasteiger partial charge in [0.2, 0.25) is 11.7 Å². The fraction of sp³-hybridized carbons (Fsp3) is 0.200. The normalized spacial score (nSPS) is 11.6. The molecule has 0 saturated carbocycles. The van der Waals surface area contributed by atoms with E-state index in [1.807, 2.05) is 24.3 Å². The van der Waals surface area contributed by atoms with Gasteiger partial charge in [-0.2, -0.15) is 4.98 Å². The van der Waals surface area contributed by atoms with Crippen molar-refractivity contribution < 1.29 is 8.91 Å². The fourth-order valence-corrected chi connectivity index (χ4v) is 2.14. The van der Waals surface area contributed by atoms with Gasteiger partial charge in [-0.1, -0.05) is 36.9 Å². The maximum Gasteiger partial charge on any atom is 0.229 e. The first-order valence-corrected chi connectivity index (χ1v) is 7.87. The average molecular weight is 320 g/mol. The maximum absolute atomic E-state index is 13.1. The van der Waals surface area contributed by atoms with Crippen LogP contribution in [0.25, 0.3) is 11.4 Å². The molecule has 0 N–H and O–H groups in total. The molecule has 2 aromatic carbocycles. The van der Waals surface area contributed by atoms with Crippen molar-refractivity contribution in [1.82, 2.24) is 10.1 Å². The van der Waals surface area contributed by atoms with Gasteiger partial charge in [0.1, 0.15) is 5.82 Å². The van der Waals surface area contributed by atoms with Crippen LogP contribution in [0.4, 0.5) is 4.39 Å². The van der Waals surface area contributed by atoms with Gasteiger partial charge in [0.25, 0.3) is 0 Å². The largest absolute Gasteiger partial charge is 0.339 e. The summed E-state index contributed by atoms with van der Waals surface area (Å²) in [7, 11) is 0. The first-order chi connectivity index (χ1) is 11.7. The van der Waals surface area contributed by atoms with E-state index in [0.29, 0.717) is 17.3 Å². The molecule has 3 aromatic rings. The fourth-order valence-electron chi connectivity index (χ4n) is 2.14. The Balaban J connectivity index is 1.78. The van der Waals surface area contributed by atoms with Gasteiger partial charge >= 0.3 is 0 Å². The molecule has 24 heavy (non-hydrogen) atoms. The van der Waals surface area contributed by atoms with Crippen molar-refractivity contribution in [1.29, 1.82) is 0 Å². The minimum Gasteiger partial charge on any atom is -0.339 e. The number of hydrogen-bond acceptors (Lipinski definition) is 3. The zero-order chi connectivity index (χ0) is 16.9. The van der Waals surface area contributed by atoms with Gasteiger partial charge in [0, 0.05) is 22.6 Å². The highest BCUT2D eigenvalue weighted by atomic mass is 19.1. The summed E-state index contributed by atoms with van der Waals surface area (Å²) in [5.41, 5.74) is 2.37. The minimum atomic E-state index is -0.286. The van der Waals surface area contributed by atoms with Crippen LogP contribution in [-0.4, -0.2) is 10.1 Å². The lowest BCUT2D eigenvalue weighted by Gasteiger charge is -1.98. The van der Waals surface area contributed by atoms with Crippen molar-refractivity contribution in [3.63, 3.8) is 0 Å². The zero-order valence-electron chi connectivity index (χ0n) is 13.6. The predicted molar refractivity (Wildman–Crippen MR) is 90.8 cm³/mol. The summed E-state index contributed by atoms with van der Waals surface area (Å²) >= 11 is 0. The highest BCUT2D eigenvalue weighted by molar-refractivity contribution is 5.56. The Bertz CT molecular complexity index is 888. The van der Waals surface area contributed by atoms with Crippen molar-refractivity contribution in [2.75, 3.05) is 0 Å².